The standard InChI is InChI=1S/C28H24Cl2F5N3O5/c1-43-19-9-21(29)24(22(30)10-19)23(39)13-37(12-14-6-16(31)8-17(32)7-14)26(40)20-11-36-38(25(20)28(33,34)35)18-4-2-15(3-5-18)27(41)42/h6-11,15,18H,2-5,12-13H2,1H3,(H,41,42). The number of Topliss-reactive ketones (excluding diaryl/α,β-unsaturated/α-hetero) is 1. The van der Waals surface area contributed by atoms with E-state index in [0.717, 1.165) is 12.1 Å². The number of halogens is 7. The van der Waals surface area contributed by atoms with E-state index in [2.05, 4.69) is 5.10 Å². The Morgan fingerprint density at radius 2 is 1.60 bits per heavy atom. The molecule has 0 atom stereocenters. The predicted molar refractivity (Wildman–Crippen MR) is 144 cm³/mol. The number of carboxylic acid groups (broad SMARTS) is 1. The number of amides is 1. The number of carboxylic acids is 1. The molecule has 2 aromatic carbocycles. The van der Waals surface area contributed by atoms with Crippen molar-refractivity contribution in [2.24, 2.45) is 5.92 Å². The Balaban J connectivity index is 1.73. The smallest absolute Gasteiger partial charge is 0.433 e. The fourth-order valence-corrected chi connectivity index (χ4v) is 5.80. The molecule has 3 aromatic rings. The second kappa shape index (κ2) is 12.9. The third-order valence-corrected chi connectivity index (χ3v) is 7.73. The maximum absolute atomic E-state index is 14.4. The summed E-state index contributed by atoms with van der Waals surface area (Å²) in [5, 5.41) is 12.8. The lowest BCUT2D eigenvalue weighted by molar-refractivity contribution is -0.147. The van der Waals surface area contributed by atoms with Crippen LogP contribution < -0.4 is 4.74 Å². The highest BCUT2D eigenvalue weighted by Crippen LogP contribution is 2.39. The first-order chi connectivity index (χ1) is 20.2. The molecule has 1 aliphatic carbocycles. The molecule has 1 aromatic heterocycles. The summed E-state index contributed by atoms with van der Waals surface area (Å²) in [4.78, 5) is 39.0. The van der Waals surface area contributed by atoms with E-state index < -0.39 is 71.8 Å². The lowest BCUT2D eigenvalue weighted by atomic mass is 9.86. The highest BCUT2D eigenvalue weighted by Gasteiger charge is 2.43. The molecule has 0 aliphatic heterocycles. The minimum absolute atomic E-state index is 0.0780. The van der Waals surface area contributed by atoms with Gasteiger partial charge in [0.1, 0.15) is 17.4 Å². The van der Waals surface area contributed by atoms with E-state index in [1.807, 2.05) is 0 Å². The van der Waals surface area contributed by atoms with Gasteiger partial charge in [-0.1, -0.05) is 23.2 Å². The highest BCUT2D eigenvalue weighted by molar-refractivity contribution is 6.40. The number of hydrogen-bond donors (Lipinski definition) is 1. The van der Waals surface area contributed by atoms with Crippen molar-refractivity contribution < 1.29 is 46.2 Å². The molecular formula is C28H24Cl2F5N3O5. The number of benzene rings is 2. The first-order valence-electron chi connectivity index (χ1n) is 12.9. The molecule has 8 nitrogen and oxygen atoms in total. The van der Waals surface area contributed by atoms with Crippen LogP contribution in [0.3, 0.4) is 0 Å². The summed E-state index contributed by atoms with van der Waals surface area (Å²) in [5.74, 6) is -5.70. The van der Waals surface area contributed by atoms with Crippen LogP contribution in [0.1, 0.15) is 63.7 Å². The van der Waals surface area contributed by atoms with Gasteiger partial charge in [-0.05, 0) is 55.5 Å². The first kappa shape index (κ1) is 32.2. The van der Waals surface area contributed by atoms with Crippen LogP contribution in [0.2, 0.25) is 10.0 Å². The lowest BCUT2D eigenvalue weighted by Crippen LogP contribution is -2.37. The van der Waals surface area contributed by atoms with Gasteiger partial charge in [0.15, 0.2) is 11.5 Å². The average molecular weight is 648 g/mol. The number of carbonyl (C=O) groups is 3. The zero-order chi connectivity index (χ0) is 31.6. The second-order valence-corrected chi connectivity index (χ2v) is 10.8. The van der Waals surface area contributed by atoms with E-state index in [-0.39, 0.29) is 52.6 Å². The third kappa shape index (κ3) is 7.27. The molecule has 1 heterocycles. The normalized spacial score (nSPS) is 17.0. The van der Waals surface area contributed by atoms with Gasteiger partial charge in [0.25, 0.3) is 5.91 Å². The number of alkyl halides is 3. The fourth-order valence-electron chi connectivity index (χ4n) is 5.12. The molecule has 43 heavy (non-hydrogen) atoms. The summed E-state index contributed by atoms with van der Waals surface area (Å²) >= 11 is 12.4. The molecule has 1 fully saturated rings. The van der Waals surface area contributed by atoms with Crippen LogP contribution in [-0.4, -0.2) is 51.1 Å². The van der Waals surface area contributed by atoms with Gasteiger partial charge in [-0.3, -0.25) is 19.1 Å². The number of carbonyl (C=O) groups excluding carboxylic acids is 2. The molecule has 4 rings (SSSR count). The van der Waals surface area contributed by atoms with Crippen molar-refractivity contribution in [3.63, 3.8) is 0 Å². The van der Waals surface area contributed by atoms with Crippen molar-refractivity contribution in [1.82, 2.24) is 14.7 Å². The van der Waals surface area contributed by atoms with Crippen LogP contribution in [0.4, 0.5) is 22.0 Å². The molecule has 230 valence electrons. The van der Waals surface area contributed by atoms with Crippen LogP contribution in [0.15, 0.2) is 36.5 Å². The minimum atomic E-state index is -5.08. The summed E-state index contributed by atoms with van der Waals surface area (Å²) < 4.78 is 76.9. The van der Waals surface area contributed by atoms with Crippen LogP contribution in [0, 0.1) is 17.6 Å². The molecule has 0 spiro atoms. The number of methoxy groups -OCH3 is 1. The van der Waals surface area contributed by atoms with E-state index in [1.54, 1.807) is 0 Å². The van der Waals surface area contributed by atoms with Crippen molar-refractivity contribution in [3.05, 3.63) is 80.6 Å². The van der Waals surface area contributed by atoms with E-state index in [1.165, 1.54) is 19.2 Å². The van der Waals surface area contributed by atoms with Gasteiger partial charge in [0.05, 0.1) is 53.0 Å². The number of rotatable bonds is 9. The van der Waals surface area contributed by atoms with Crippen LogP contribution in [0.25, 0.3) is 0 Å². The molecule has 15 heteroatoms. The quantitative estimate of drug-likeness (QED) is 0.202. The zero-order valence-electron chi connectivity index (χ0n) is 22.4. The third-order valence-electron chi connectivity index (χ3n) is 7.13. The van der Waals surface area contributed by atoms with Gasteiger partial charge >= 0.3 is 12.1 Å². The van der Waals surface area contributed by atoms with Gasteiger partial charge in [-0.15, -0.1) is 0 Å². The molecule has 1 amide bonds. The van der Waals surface area contributed by atoms with Gasteiger partial charge in [0, 0.05) is 12.6 Å². The summed E-state index contributed by atoms with van der Waals surface area (Å²) in [6.45, 7) is -1.52. The Labute approximate surface area is 251 Å². The van der Waals surface area contributed by atoms with Crippen molar-refractivity contribution in [2.45, 2.75) is 44.4 Å². The number of aliphatic carboxylic acids is 1. The van der Waals surface area contributed by atoms with Crippen molar-refractivity contribution in [2.75, 3.05) is 13.7 Å². The summed E-state index contributed by atoms with van der Waals surface area (Å²) in [5.41, 5.74) is -2.67. The van der Waals surface area contributed by atoms with Gasteiger partial charge in [-0.25, -0.2) is 8.78 Å². The minimum Gasteiger partial charge on any atom is -0.497 e. The van der Waals surface area contributed by atoms with Gasteiger partial charge < -0.3 is 14.7 Å². The van der Waals surface area contributed by atoms with E-state index in [9.17, 15) is 41.4 Å². The van der Waals surface area contributed by atoms with E-state index in [0.29, 0.717) is 21.8 Å². The van der Waals surface area contributed by atoms with Gasteiger partial charge in [0.2, 0.25) is 0 Å². The van der Waals surface area contributed by atoms with Crippen LogP contribution in [-0.2, 0) is 17.5 Å². The number of nitrogens with zero attached hydrogens (tertiary/aromatic N) is 3. The molecule has 0 saturated heterocycles. The molecule has 0 radical (unpaired) electrons. The molecular weight excluding hydrogens is 624 g/mol. The Bertz CT molecular complexity index is 1510. The molecule has 1 N–H and O–H groups in total. The Kier molecular flexibility index (Phi) is 9.65. The van der Waals surface area contributed by atoms with E-state index >= 15 is 0 Å². The maximum Gasteiger partial charge on any atom is 0.433 e. The van der Waals surface area contributed by atoms with Crippen LogP contribution in [0.5, 0.6) is 5.75 Å². The largest absolute Gasteiger partial charge is 0.497 e. The SMILES string of the molecule is COc1cc(Cl)c(C(=O)CN(Cc2cc(F)cc(F)c2)C(=O)c2cnn(C3CCC(C(=O)O)CC3)c2C(F)(F)F)c(Cl)c1. The van der Waals surface area contributed by atoms with Crippen molar-refractivity contribution >= 4 is 40.9 Å². The Morgan fingerprint density at radius 3 is 2.12 bits per heavy atom. The summed E-state index contributed by atoms with van der Waals surface area (Å²) in [6, 6.07) is 4.03. The molecule has 1 saturated carbocycles. The van der Waals surface area contributed by atoms with Crippen molar-refractivity contribution in [3.8, 4) is 5.75 Å². The van der Waals surface area contributed by atoms with Crippen LogP contribution >= 0.6 is 23.2 Å². The second-order valence-electron chi connectivity index (χ2n) is 10.0. The van der Waals surface area contributed by atoms with E-state index in [4.69, 9.17) is 27.9 Å². The predicted octanol–water partition coefficient (Wildman–Crippen LogP) is 6.84. The van der Waals surface area contributed by atoms with Crippen molar-refractivity contribution in [1.29, 1.82) is 0 Å². The summed E-state index contributed by atoms with van der Waals surface area (Å²) in [6.07, 6.45) is -3.96. The van der Waals surface area contributed by atoms with Gasteiger partial charge in [-0.2, -0.15) is 18.3 Å². The zero-order valence-corrected chi connectivity index (χ0v) is 23.9. The molecule has 0 bridgehead atoms. The summed E-state index contributed by atoms with van der Waals surface area (Å²) in [7, 11) is 1.33. The molecule has 0 unspecified atom stereocenters. The Hall–Kier alpha value is -3.71. The molecule has 1 aliphatic rings. The monoisotopic (exact) mass is 647 g/mol. The number of hydrogen-bond acceptors (Lipinski definition) is 5. The fraction of sp³-hybridized carbons (Fsp3) is 0.357. The maximum atomic E-state index is 14.4. The number of ether oxygens (including phenoxy) is 1. The lowest BCUT2D eigenvalue weighted by Gasteiger charge is -2.28. The Morgan fingerprint density at radius 1 is 1.02 bits per heavy atom. The number of aromatic nitrogens is 2. The first-order valence-corrected chi connectivity index (χ1v) is 13.6. The number of ketones is 1. The highest BCUT2D eigenvalue weighted by atomic mass is 35.5. The average Bonchev–Trinajstić information content (AvgIpc) is 3.37. The topological polar surface area (TPSA) is 102 Å².